The van der Waals surface area contributed by atoms with Gasteiger partial charge < -0.3 is 15.4 Å². The maximum Gasteiger partial charge on any atom is 0.416 e. The molecular weight excluding hydrogens is 369 g/mol. The number of ether oxygens (including phenoxy) is 1. The lowest BCUT2D eigenvalue weighted by molar-refractivity contribution is -0.137. The van der Waals surface area contributed by atoms with Gasteiger partial charge in [0.15, 0.2) is 0 Å². The third-order valence-electron chi connectivity index (χ3n) is 3.26. The molecule has 9 heteroatoms. The smallest absolute Gasteiger partial charge is 0.416 e. The molecule has 0 fully saturated rings. The fraction of sp³-hybridized carbons (Fsp3) is 0.294. The Morgan fingerprint density at radius 2 is 2.00 bits per heavy atom. The van der Waals surface area contributed by atoms with Gasteiger partial charge in [0.2, 0.25) is 5.91 Å². The molecule has 0 aliphatic rings. The zero-order chi connectivity index (χ0) is 19.2. The number of benzene rings is 1. The molecule has 0 saturated carbocycles. The number of thiophene rings is 1. The fourth-order valence-corrected chi connectivity index (χ4v) is 2.72. The molecule has 0 aliphatic heterocycles. The van der Waals surface area contributed by atoms with Crippen molar-refractivity contribution in [2.75, 3.05) is 18.5 Å². The Bertz CT molecular complexity index is 761. The number of carbonyl (C=O) groups excluding carboxylic acids is 2. The summed E-state index contributed by atoms with van der Waals surface area (Å²) in [5.74, 6) is -0.685. The van der Waals surface area contributed by atoms with Crippen LogP contribution in [0, 0.1) is 0 Å². The highest BCUT2D eigenvalue weighted by molar-refractivity contribution is 7.12. The molecule has 2 rings (SSSR count). The van der Waals surface area contributed by atoms with Crippen LogP contribution in [0.4, 0.5) is 18.9 Å². The van der Waals surface area contributed by atoms with Crippen LogP contribution >= 0.6 is 11.3 Å². The summed E-state index contributed by atoms with van der Waals surface area (Å²) in [6, 6.07) is 6.27. The van der Waals surface area contributed by atoms with Gasteiger partial charge in [-0.05, 0) is 36.6 Å². The van der Waals surface area contributed by atoms with Crippen LogP contribution in [0.1, 0.15) is 28.6 Å². The molecule has 1 aromatic heterocycles. The van der Waals surface area contributed by atoms with Crippen molar-refractivity contribution in [2.24, 2.45) is 0 Å². The zero-order valence-corrected chi connectivity index (χ0v) is 14.7. The first-order valence-electron chi connectivity index (χ1n) is 7.77. The largest absolute Gasteiger partial charge is 0.492 e. The molecule has 0 spiro atoms. The average molecular weight is 386 g/mol. The predicted molar refractivity (Wildman–Crippen MR) is 92.5 cm³/mol. The molecule has 5 nitrogen and oxygen atoms in total. The highest BCUT2D eigenvalue weighted by Gasteiger charge is 2.31. The van der Waals surface area contributed by atoms with E-state index in [2.05, 4.69) is 10.6 Å². The third-order valence-corrected chi connectivity index (χ3v) is 4.13. The molecule has 26 heavy (non-hydrogen) atoms. The molecule has 140 valence electrons. The average Bonchev–Trinajstić information content (AvgIpc) is 3.10. The second-order valence-electron chi connectivity index (χ2n) is 5.17. The number of carbonyl (C=O) groups is 2. The molecule has 1 heterocycles. The summed E-state index contributed by atoms with van der Waals surface area (Å²) in [7, 11) is 0. The van der Waals surface area contributed by atoms with Crippen molar-refractivity contribution in [3.63, 3.8) is 0 Å². The van der Waals surface area contributed by atoms with E-state index in [1.165, 1.54) is 17.4 Å². The first-order valence-corrected chi connectivity index (χ1v) is 8.65. The van der Waals surface area contributed by atoms with Crippen LogP contribution in [0.15, 0.2) is 35.7 Å². The SMILES string of the molecule is CCOc1ccc(C(F)(F)F)cc1NC(=O)CCNC(=O)c1cccs1. The lowest BCUT2D eigenvalue weighted by atomic mass is 10.1. The van der Waals surface area contributed by atoms with Crippen molar-refractivity contribution in [3.8, 4) is 5.75 Å². The van der Waals surface area contributed by atoms with E-state index in [4.69, 9.17) is 4.74 Å². The monoisotopic (exact) mass is 386 g/mol. The number of nitrogens with one attached hydrogen (secondary N) is 2. The highest BCUT2D eigenvalue weighted by atomic mass is 32.1. The Hall–Kier alpha value is -2.55. The van der Waals surface area contributed by atoms with Crippen molar-refractivity contribution in [1.29, 1.82) is 0 Å². The van der Waals surface area contributed by atoms with Gasteiger partial charge in [-0.25, -0.2) is 0 Å². The summed E-state index contributed by atoms with van der Waals surface area (Å²) < 4.78 is 43.8. The van der Waals surface area contributed by atoms with Crippen LogP contribution in [-0.2, 0) is 11.0 Å². The van der Waals surface area contributed by atoms with E-state index in [1.54, 1.807) is 24.4 Å². The molecule has 0 saturated heterocycles. The van der Waals surface area contributed by atoms with E-state index >= 15 is 0 Å². The lowest BCUT2D eigenvalue weighted by Gasteiger charge is -2.14. The molecule has 0 unspecified atom stereocenters. The standard InChI is InChI=1S/C17H17F3N2O3S/c1-2-25-13-6-5-11(17(18,19)20)10-12(13)22-15(23)7-8-21-16(24)14-4-3-9-26-14/h3-6,9-10H,2,7-8H2,1H3,(H,21,24)(H,22,23). The number of halogens is 3. The molecule has 1 aromatic carbocycles. The second-order valence-corrected chi connectivity index (χ2v) is 6.12. The third kappa shape index (κ3) is 5.48. The molecule has 0 bridgehead atoms. The topological polar surface area (TPSA) is 67.4 Å². The van der Waals surface area contributed by atoms with Crippen molar-refractivity contribution in [1.82, 2.24) is 5.32 Å². The van der Waals surface area contributed by atoms with E-state index < -0.39 is 17.6 Å². The van der Waals surface area contributed by atoms with E-state index in [9.17, 15) is 22.8 Å². The minimum absolute atomic E-state index is 0.0590. The van der Waals surface area contributed by atoms with Crippen LogP contribution in [0.5, 0.6) is 5.75 Å². The normalized spacial score (nSPS) is 11.1. The van der Waals surface area contributed by atoms with Gasteiger partial charge in [0.1, 0.15) is 5.75 Å². The number of rotatable bonds is 7. The summed E-state index contributed by atoms with van der Waals surface area (Å²) in [6.07, 6.45) is -4.61. The van der Waals surface area contributed by atoms with Crippen molar-refractivity contribution in [3.05, 3.63) is 46.2 Å². The van der Waals surface area contributed by atoms with Crippen LogP contribution in [0.25, 0.3) is 0 Å². The number of anilines is 1. The molecule has 0 aliphatic carbocycles. The molecule has 2 aromatic rings. The van der Waals surface area contributed by atoms with E-state index in [-0.39, 0.29) is 36.9 Å². The zero-order valence-electron chi connectivity index (χ0n) is 13.9. The Morgan fingerprint density at radius 3 is 2.62 bits per heavy atom. The Kier molecular flexibility index (Phi) is 6.62. The van der Waals surface area contributed by atoms with Crippen LogP contribution in [0.3, 0.4) is 0 Å². The first-order chi connectivity index (χ1) is 12.3. The van der Waals surface area contributed by atoms with Crippen LogP contribution in [-0.4, -0.2) is 25.0 Å². The maximum absolute atomic E-state index is 12.8. The summed E-state index contributed by atoms with van der Waals surface area (Å²) in [4.78, 5) is 24.3. The van der Waals surface area contributed by atoms with E-state index in [0.29, 0.717) is 4.88 Å². The Labute approximate surface area is 152 Å². The summed E-state index contributed by atoms with van der Waals surface area (Å²) in [5.41, 5.74) is -0.946. The number of amides is 2. The molecule has 0 radical (unpaired) electrons. The number of hydrogen-bond donors (Lipinski definition) is 2. The predicted octanol–water partition coefficient (Wildman–Crippen LogP) is 3.92. The summed E-state index contributed by atoms with van der Waals surface area (Å²) in [6.45, 7) is 1.99. The maximum atomic E-state index is 12.8. The van der Waals surface area contributed by atoms with Crippen molar-refractivity contribution < 1.29 is 27.5 Å². The Morgan fingerprint density at radius 1 is 1.23 bits per heavy atom. The summed E-state index contributed by atoms with van der Waals surface area (Å²) in [5, 5.41) is 6.73. The van der Waals surface area contributed by atoms with Gasteiger partial charge in [-0.2, -0.15) is 13.2 Å². The highest BCUT2D eigenvalue weighted by Crippen LogP contribution is 2.35. The van der Waals surface area contributed by atoms with Gasteiger partial charge >= 0.3 is 6.18 Å². The number of hydrogen-bond acceptors (Lipinski definition) is 4. The molecule has 2 N–H and O–H groups in total. The van der Waals surface area contributed by atoms with Gasteiger partial charge in [0.05, 0.1) is 22.7 Å². The van der Waals surface area contributed by atoms with Crippen molar-refractivity contribution >= 4 is 28.8 Å². The van der Waals surface area contributed by atoms with Gasteiger partial charge in [0, 0.05) is 13.0 Å². The van der Waals surface area contributed by atoms with Gasteiger partial charge in [-0.3, -0.25) is 9.59 Å². The van der Waals surface area contributed by atoms with Gasteiger partial charge in [0.25, 0.3) is 5.91 Å². The molecule has 2 amide bonds. The molecule has 0 atom stereocenters. The quantitative estimate of drug-likeness (QED) is 0.758. The van der Waals surface area contributed by atoms with Crippen molar-refractivity contribution in [2.45, 2.75) is 19.5 Å². The van der Waals surface area contributed by atoms with E-state index in [1.807, 2.05) is 0 Å². The van der Waals surface area contributed by atoms with Gasteiger partial charge in [-0.1, -0.05) is 6.07 Å². The van der Waals surface area contributed by atoms with E-state index in [0.717, 1.165) is 12.1 Å². The minimum atomic E-state index is -4.53. The first kappa shape index (κ1) is 19.8. The Balaban J connectivity index is 1.97. The second kappa shape index (κ2) is 8.70. The number of alkyl halides is 3. The summed E-state index contributed by atoms with van der Waals surface area (Å²) >= 11 is 1.27. The minimum Gasteiger partial charge on any atom is -0.492 e. The van der Waals surface area contributed by atoms with Crippen LogP contribution in [0.2, 0.25) is 0 Å². The fourth-order valence-electron chi connectivity index (χ4n) is 2.08. The van der Waals surface area contributed by atoms with Gasteiger partial charge in [-0.15, -0.1) is 11.3 Å². The lowest BCUT2D eigenvalue weighted by Crippen LogP contribution is -2.27. The molecular formula is C17H17F3N2O3S. The van der Waals surface area contributed by atoms with Crippen LogP contribution < -0.4 is 15.4 Å².